The maximum Gasteiger partial charge on any atom is 0.161 e. The molecule has 2 nitrogen and oxygen atoms in total. The second-order valence-electron chi connectivity index (χ2n) is 5.13. The molecule has 0 N–H and O–H groups in total. The second kappa shape index (κ2) is 6.46. The molecule has 0 saturated heterocycles. The molecule has 0 aromatic heterocycles. The number of ether oxygens (including phenoxy) is 2. The summed E-state index contributed by atoms with van der Waals surface area (Å²) in [4.78, 5) is 0. The highest BCUT2D eigenvalue weighted by molar-refractivity contribution is 9.08. The van der Waals surface area contributed by atoms with E-state index in [0.29, 0.717) is 6.10 Å². The first-order chi connectivity index (χ1) is 8.72. The lowest BCUT2D eigenvalue weighted by Crippen LogP contribution is -2.24. The van der Waals surface area contributed by atoms with Gasteiger partial charge in [-0.05, 0) is 42.9 Å². The summed E-state index contributed by atoms with van der Waals surface area (Å²) in [6, 6.07) is 6.14. The lowest BCUT2D eigenvalue weighted by Gasteiger charge is -2.28. The van der Waals surface area contributed by atoms with Crippen LogP contribution in [-0.4, -0.2) is 13.2 Å². The molecule has 0 spiro atoms. The maximum atomic E-state index is 6.11. The van der Waals surface area contributed by atoms with Crippen molar-refractivity contribution in [3.05, 3.63) is 23.8 Å². The van der Waals surface area contributed by atoms with Gasteiger partial charge in [0.2, 0.25) is 0 Å². The Morgan fingerprint density at radius 1 is 1.28 bits per heavy atom. The van der Waals surface area contributed by atoms with Gasteiger partial charge in [0.15, 0.2) is 11.5 Å². The quantitative estimate of drug-likeness (QED) is 0.759. The largest absolute Gasteiger partial charge is 0.493 e. The molecule has 0 bridgehead atoms. The van der Waals surface area contributed by atoms with E-state index in [0.717, 1.165) is 35.6 Å². The van der Waals surface area contributed by atoms with Gasteiger partial charge in [0.05, 0.1) is 13.2 Å². The van der Waals surface area contributed by atoms with Gasteiger partial charge in [-0.15, -0.1) is 0 Å². The molecule has 0 amide bonds. The molecule has 3 heteroatoms. The molecule has 1 saturated carbocycles. The molecule has 0 heterocycles. The van der Waals surface area contributed by atoms with Gasteiger partial charge in [-0.25, -0.2) is 0 Å². The molecule has 2 rings (SSSR count). The Kier molecular flexibility index (Phi) is 4.93. The zero-order valence-electron chi connectivity index (χ0n) is 11.1. The van der Waals surface area contributed by atoms with Crippen molar-refractivity contribution < 1.29 is 9.47 Å². The van der Waals surface area contributed by atoms with Crippen LogP contribution in [0.4, 0.5) is 0 Å². The molecule has 1 aliphatic rings. The van der Waals surface area contributed by atoms with Crippen molar-refractivity contribution in [1.29, 1.82) is 0 Å². The average Bonchev–Trinajstić information content (AvgIpc) is 2.39. The van der Waals surface area contributed by atoms with Crippen LogP contribution in [0.5, 0.6) is 11.5 Å². The van der Waals surface area contributed by atoms with Crippen LogP contribution in [0.3, 0.4) is 0 Å². The Labute approximate surface area is 118 Å². The molecule has 0 radical (unpaired) electrons. The van der Waals surface area contributed by atoms with Gasteiger partial charge in [0, 0.05) is 5.33 Å². The number of rotatable bonds is 4. The summed E-state index contributed by atoms with van der Waals surface area (Å²) in [6.07, 6.45) is 5.27. The molecule has 1 fully saturated rings. The highest BCUT2D eigenvalue weighted by Crippen LogP contribution is 2.33. The van der Waals surface area contributed by atoms with Crippen LogP contribution >= 0.6 is 15.9 Å². The molecule has 1 aliphatic carbocycles. The van der Waals surface area contributed by atoms with Crippen molar-refractivity contribution in [2.75, 3.05) is 7.11 Å². The SMILES string of the molecule is COc1cc(CBr)ccc1OC1CCCC(C)C1. The fourth-order valence-corrected chi connectivity index (χ4v) is 2.91. The van der Waals surface area contributed by atoms with Crippen molar-refractivity contribution in [3.8, 4) is 11.5 Å². The summed E-state index contributed by atoms with van der Waals surface area (Å²) in [7, 11) is 1.70. The van der Waals surface area contributed by atoms with Gasteiger partial charge in [-0.3, -0.25) is 0 Å². The molecule has 2 unspecified atom stereocenters. The molecule has 0 aliphatic heterocycles. The summed E-state index contributed by atoms with van der Waals surface area (Å²) in [5.41, 5.74) is 1.20. The van der Waals surface area contributed by atoms with Gasteiger partial charge in [0.1, 0.15) is 0 Å². The zero-order valence-corrected chi connectivity index (χ0v) is 12.7. The molecule has 100 valence electrons. The van der Waals surface area contributed by atoms with Crippen LogP contribution in [0.2, 0.25) is 0 Å². The van der Waals surface area contributed by atoms with Gasteiger partial charge in [-0.1, -0.05) is 35.3 Å². The molecule has 1 aromatic rings. The van der Waals surface area contributed by atoms with Crippen molar-refractivity contribution in [3.63, 3.8) is 0 Å². The Morgan fingerprint density at radius 3 is 2.78 bits per heavy atom. The van der Waals surface area contributed by atoms with Crippen molar-refractivity contribution >= 4 is 15.9 Å². The average molecular weight is 313 g/mol. The van der Waals surface area contributed by atoms with E-state index in [4.69, 9.17) is 9.47 Å². The Balaban J connectivity index is 2.08. The smallest absolute Gasteiger partial charge is 0.161 e. The summed E-state index contributed by atoms with van der Waals surface area (Å²) in [6.45, 7) is 2.31. The van der Waals surface area contributed by atoms with E-state index in [1.54, 1.807) is 7.11 Å². The normalized spacial score (nSPS) is 23.7. The minimum Gasteiger partial charge on any atom is -0.493 e. The van der Waals surface area contributed by atoms with Crippen LogP contribution in [0.25, 0.3) is 0 Å². The van der Waals surface area contributed by atoms with Crippen LogP contribution in [0, 0.1) is 5.92 Å². The van der Waals surface area contributed by atoms with Gasteiger partial charge in [0.25, 0.3) is 0 Å². The predicted octanol–water partition coefficient (Wildman–Crippen LogP) is 4.55. The first kappa shape index (κ1) is 13.7. The highest BCUT2D eigenvalue weighted by Gasteiger charge is 2.21. The highest BCUT2D eigenvalue weighted by atomic mass is 79.9. The second-order valence-corrected chi connectivity index (χ2v) is 5.69. The standard InChI is InChI=1S/C15H21BrO2/c1-11-4-3-5-13(8-11)18-14-7-6-12(10-16)9-15(14)17-2/h6-7,9,11,13H,3-5,8,10H2,1-2H3. The van der Waals surface area contributed by atoms with E-state index >= 15 is 0 Å². The van der Waals surface area contributed by atoms with Gasteiger partial charge >= 0.3 is 0 Å². The fourth-order valence-electron chi connectivity index (χ4n) is 2.56. The summed E-state index contributed by atoms with van der Waals surface area (Å²) in [5, 5.41) is 0.837. The van der Waals surface area contributed by atoms with E-state index in [1.165, 1.54) is 18.4 Å². The monoisotopic (exact) mass is 312 g/mol. The molecule has 1 aromatic carbocycles. The molecular formula is C15H21BrO2. The number of hydrogen-bond donors (Lipinski definition) is 0. The zero-order chi connectivity index (χ0) is 13.0. The van der Waals surface area contributed by atoms with E-state index in [-0.39, 0.29) is 0 Å². The van der Waals surface area contributed by atoms with E-state index in [9.17, 15) is 0 Å². The van der Waals surface area contributed by atoms with E-state index in [1.807, 2.05) is 12.1 Å². The Bertz CT molecular complexity index is 392. The van der Waals surface area contributed by atoms with Gasteiger partial charge < -0.3 is 9.47 Å². The predicted molar refractivity (Wildman–Crippen MR) is 77.7 cm³/mol. The first-order valence-corrected chi connectivity index (χ1v) is 7.74. The number of hydrogen-bond acceptors (Lipinski definition) is 2. The fraction of sp³-hybridized carbons (Fsp3) is 0.600. The molecule has 2 atom stereocenters. The van der Waals surface area contributed by atoms with Crippen LogP contribution < -0.4 is 9.47 Å². The Morgan fingerprint density at radius 2 is 2.11 bits per heavy atom. The topological polar surface area (TPSA) is 18.5 Å². The van der Waals surface area contributed by atoms with Crippen LogP contribution in [-0.2, 0) is 5.33 Å². The molecule has 18 heavy (non-hydrogen) atoms. The minimum atomic E-state index is 0.345. The molecular weight excluding hydrogens is 292 g/mol. The van der Waals surface area contributed by atoms with E-state index in [2.05, 4.69) is 28.9 Å². The number of methoxy groups -OCH3 is 1. The Hall–Kier alpha value is -0.700. The van der Waals surface area contributed by atoms with E-state index < -0.39 is 0 Å². The lowest BCUT2D eigenvalue weighted by atomic mass is 9.89. The number of alkyl halides is 1. The van der Waals surface area contributed by atoms with Crippen molar-refractivity contribution in [2.24, 2.45) is 5.92 Å². The lowest BCUT2D eigenvalue weighted by molar-refractivity contribution is 0.125. The number of benzene rings is 1. The summed E-state index contributed by atoms with van der Waals surface area (Å²) < 4.78 is 11.5. The summed E-state index contributed by atoms with van der Waals surface area (Å²) in [5.74, 6) is 2.49. The van der Waals surface area contributed by atoms with Crippen LogP contribution in [0.1, 0.15) is 38.2 Å². The maximum absolute atomic E-state index is 6.11. The van der Waals surface area contributed by atoms with Crippen molar-refractivity contribution in [1.82, 2.24) is 0 Å². The third-order valence-corrected chi connectivity index (χ3v) is 4.21. The van der Waals surface area contributed by atoms with Crippen molar-refractivity contribution in [2.45, 2.75) is 44.0 Å². The first-order valence-electron chi connectivity index (χ1n) is 6.62. The number of halogens is 1. The third-order valence-electron chi connectivity index (χ3n) is 3.56. The van der Waals surface area contributed by atoms with Gasteiger partial charge in [-0.2, -0.15) is 0 Å². The third kappa shape index (κ3) is 3.41. The summed E-state index contributed by atoms with van der Waals surface area (Å²) >= 11 is 3.46. The van der Waals surface area contributed by atoms with Crippen LogP contribution in [0.15, 0.2) is 18.2 Å². The minimum absolute atomic E-state index is 0.345.